The molecule has 1 heterocycles. The molecule has 1 aromatic heterocycles. The molecule has 3 aromatic carbocycles. The maximum Gasteiger partial charge on any atom is 0.250 e. The summed E-state index contributed by atoms with van der Waals surface area (Å²) in [5.74, 6) is 0.582. The van der Waals surface area contributed by atoms with Crippen LogP contribution in [0.25, 0.3) is 17.1 Å². The Morgan fingerprint density at radius 1 is 1.03 bits per heavy atom. The van der Waals surface area contributed by atoms with Gasteiger partial charge < -0.3 is 5.11 Å². The number of thioether (sulfide) groups is 1. The number of aromatic nitrogens is 3. The van der Waals surface area contributed by atoms with E-state index < -0.39 is 0 Å². The number of hydrogen-bond acceptors (Lipinski definition) is 6. The number of phenolic OH excluding ortho intramolecular Hbond substituents is 1. The Morgan fingerprint density at radius 3 is 2.50 bits per heavy atom. The monoisotopic (exact) mass is 507 g/mol. The van der Waals surface area contributed by atoms with Gasteiger partial charge in [-0.2, -0.15) is 5.10 Å². The standard InChI is InChI=1S/C23H18BrN5O2S/c24-18-12-10-16(11-13-18)22-27-28-23(29(22)19-7-2-1-3-8-19)32-15-21(31)26-25-14-17-6-4-5-9-20(17)30/h1-14,30H,15H2,(H,26,31)/b25-14+. The van der Waals surface area contributed by atoms with Crippen molar-refractivity contribution in [2.45, 2.75) is 5.16 Å². The van der Waals surface area contributed by atoms with Crippen molar-refractivity contribution in [2.75, 3.05) is 5.75 Å². The zero-order valence-electron chi connectivity index (χ0n) is 16.7. The number of para-hydroxylation sites is 2. The molecule has 0 atom stereocenters. The van der Waals surface area contributed by atoms with Crippen LogP contribution in [0.15, 0.2) is 93.6 Å². The van der Waals surface area contributed by atoms with Crippen LogP contribution in [0.4, 0.5) is 0 Å². The number of rotatable bonds is 7. The minimum Gasteiger partial charge on any atom is -0.507 e. The van der Waals surface area contributed by atoms with Gasteiger partial charge in [0, 0.05) is 21.3 Å². The molecule has 0 radical (unpaired) electrons. The van der Waals surface area contributed by atoms with Crippen LogP contribution in [0, 0.1) is 0 Å². The van der Waals surface area contributed by atoms with E-state index in [-0.39, 0.29) is 17.4 Å². The van der Waals surface area contributed by atoms with Gasteiger partial charge in [0.15, 0.2) is 11.0 Å². The maximum absolute atomic E-state index is 12.3. The summed E-state index contributed by atoms with van der Waals surface area (Å²) in [5, 5.41) is 22.9. The van der Waals surface area contributed by atoms with Crippen molar-refractivity contribution in [1.29, 1.82) is 0 Å². The van der Waals surface area contributed by atoms with Gasteiger partial charge in [-0.05, 0) is 36.4 Å². The van der Waals surface area contributed by atoms with Gasteiger partial charge in [-0.1, -0.05) is 70.2 Å². The largest absolute Gasteiger partial charge is 0.507 e. The van der Waals surface area contributed by atoms with Crippen LogP contribution in [0.2, 0.25) is 0 Å². The van der Waals surface area contributed by atoms with E-state index in [0.717, 1.165) is 15.7 Å². The third-order valence-electron chi connectivity index (χ3n) is 4.41. The molecular formula is C23H18BrN5O2S. The van der Waals surface area contributed by atoms with Crippen LogP contribution in [-0.2, 0) is 4.79 Å². The van der Waals surface area contributed by atoms with E-state index in [1.165, 1.54) is 18.0 Å². The molecule has 4 rings (SSSR count). The summed E-state index contributed by atoms with van der Waals surface area (Å²) in [5.41, 5.74) is 4.79. The number of halogens is 1. The first kappa shape index (κ1) is 21.8. The smallest absolute Gasteiger partial charge is 0.250 e. The second-order valence-corrected chi connectivity index (χ2v) is 8.48. The molecule has 1 amide bonds. The fourth-order valence-electron chi connectivity index (χ4n) is 2.89. The van der Waals surface area contributed by atoms with Crippen LogP contribution in [0.1, 0.15) is 5.56 Å². The summed E-state index contributed by atoms with van der Waals surface area (Å²) >= 11 is 4.71. The molecule has 0 bridgehead atoms. The molecule has 7 nitrogen and oxygen atoms in total. The Hall–Kier alpha value is -3.43. The first-order valence-corrected chi connectivity index (χ1v) is 11.4. The molecule has 0 saturated heterocycles. The average Bonchev–Trinajstić information content (AvgIpc) is 3.24. The summed E-state index contributed by atoms with van der Waals surface area (Å²) in [4.78, 5) is 12.3. The number of hydrazone groups is 1. The van der Waals surface area contributed by atoms with Crippen molar-refractivity contribution in [3.05, 3.63) is 88.9 Å². The minimum atomic E-state index is -0.297. The molecule has 2 N–H and O–H groups in total. The quantitative estimate of drug-likeness (QED) is 0.216. The summed E-state index contributed by atoms with van der Waals surface area (Å²) < 4.78 is 2.90. The highest BCUT2D eigenvalue weighted by molar-refractivity contribution is 9.10. The molecule has 160 valence electrons. The normalized spacial score (nSPS) is 11.0. The van der Waals surface area contributed by atoms with E-state index in [1.54, 1.807) is 24.3 Å². The van der Waals surface area contributed by atoms with E-state index in [0.29, 0.717) is 16.5 Å². The Morgan fingerprint density at radius 2 is 1.75 bits per heavy atom. The zero-order valence-corrected chi connectivity index (χ0v) is 19.1. The van der Waals surface area contributed by atoms with Crippen molar-refractivity contribution < 1.29 is 9.90 Å². The Bertz CT molecular complexity index is 1240. The van der Waals surface area contributed by atoms with Gasteiger partial charge in [-0.15, -0.1) is 10.2 Å². The maximum atomic E-state index is 12.3. The van der Waals surface area contributed by atoms with E-state index in [9.17, 15) is 9.90 Å². The number of amides is 1. The number of benzene rings is 3. The van der Waals surface area contributed by atoms with E-state index in [4.69, 9.17) is 0 Å². The van der Waals surface area contributed by atoms with Crippen molar-refractivity contribution in [3.63, 3.8) is 0 Å². The third kappa shape index (κ3) is 5.24. The lowest BCUT2D eigenvalue weighted by Gasteiger charge is -2.10. The molecule has 0 aliphatic rings. The van der Waals surface area contributed by atoms with Crippen molar-refractivity contribution >= 4 is 39.8 Å². The van der Waals surface area contributed by atoms with Crippen molar-refractivity contribution in [3.8, 4) is 22.8 Å². The van der Waals surface area contributed by atoms with Gasteiger partial charge in [-0.25, -0.2) is 5.43 Å². The topological polar surface area (TPSA) is 92.4 Å². The number of carbonyl (C=O) groups excluding carboxylic acids is 1. The summed E-state index contributed by atoms with van der Waals surface area (Å²) in [7, 11) is 0. The number of nitrogens with zero attached hydrogens (tertiary/aromatic N) is 4. The van der Waals surface area contributed by atoms with Gasteiger partial charge in [0.2, 0.25) is 0 Å². The lowest BCUT2D eigenvalue weighted by atomic mass is 10.2. The molecule has 9 heteroatoms. The van der Waals surface area contributed by atoms with Crippen LogP contribution in [0.5, 0.6) is 5.75 Å². The number of phenols is 1. The summed E-state index contributed by atoms with van der Waals surface area (Å²) in [6.45, 7) is 0. The molecule has 4 aromatic rings. The highest BCUT2D eigenvalue weighted by Gasteiger charge is 2.17. The fraction of sp³-hybridized carbons (Fsp3) is 0.0435. The SMILES string of the molecule is O=C(CSc1nnc(-c2ccc(Br)cc2)n1-c1ccccc1)N/N=C/c1ccccc1O. The first-order chi connectivity index (χ1) is 15.6. The van der Waals surface area contributed by atoms with Gasteiger partial charge >= 0.3 is 0 Å². The number of nitrogens with one attached hydrogen (secondary N) is 1. The van der Waals surface area contributed by atoms with Crippen molar-refractivity contribution in [2.24, 2.45) is 5.10 Å². The summed E-state index contributed by atoms with van der Waals surface area (Å²) in [6, 6.07) is 24.3. The average molecular weight is 508 g/mol. The van der Waals surface area contributed by atoms with Gasteiger partial charge in [0.25, 0.3) is 5.91 Å². The Labute approximate surface area is 197 Å². The van der Waals surface area contributed by atoms with Gasteiger partial charge in [-0.3, -0.25) is 9.36 Å². The molecule has 0 aliphatic carbocycles. The van der Waals surface area contributed by atoms with Crippen molar-refractivity contribution in [1.82, 2.24) is 20.2 Å². The van der Waals surface area contributed by atoms with Crippen LogP contribution in [0.3, 0.4) is 0 Å². The van der Waals surface area contributed by atoms with Crippen LogP contribution < -0.4 is 5.43 Å². The van der Waals surface area contributed by atoms with E-state index >= 15 is 0 Å². The van der Waals surface area contributed by atoms with E-state index in [2.05, 4.69) is 36.7 Å². The molecule has 0 spiro atoms. The minimum absolute atomic E-state index is 0.0938. The van der Waals surface area contributed by atoms with Crippen LogP contribution in [-0.4, -0.2) is 37.7 Å². The second kappa shape index (κ2) is 10.3. The third-order valence-corrected chi connectivity index (χ3v) is 5.87. The fourth-order valence-corrected chi connectivity index (χ4v) is 3.90. The zero-order chi connectivity index (χ0) is 22.3. The highest BCUT2D eigenvalue weighted by atomic mass is 79.9. The highest BCUT2D eigenvalue weighted by Crippen LogP contribution is 2.28. The summed E-state index contributed by atoms with van der Waals surface area (Å²) in [6.07, 6.45) is 1.40. The molecule has 32 heavy (non-hydrogen) atoms. The van der Waals surface area contributed by atoms with Gasteiger partial charge in [0.05, 0.1) is 12.0 Å². The Balaban J connectivity index is 1.50. The number of hydrogen-bond donors (Lipinski definition) is 2. The Kier molecular flexibility index (Phi) is 6.98. The number of carbonyl (C=O) groups is 1. The molecule has 0 fully saturated rings. The lowest BCUT2D eigenvalue weighted by Crippen LogP contribution is -2.20. The molecular weight excluding hydrogens is 490 g/mol. The predicted octanol–water partition coefficient (Wildman–Crippen LogP) is 4.64. The van der Waals surface area contributed by atoms with Crippen LogP contribution >= 0.6 is 27.7 Å². The first-order valence-electron chi connectivity index (χ1n) is 9.61. The predicted molar refractivity (Wildman–Crippen MR) is 129 cm³/mol. The molecule has 0 saturated carbocycles. The lowest BCUT2D eigenvalue weighted by molar-refractivity contribution is -0.118. The number of aromatic hydroxyl groups is 1. The molecule has 0 unspecified atom stereocenters. The second-order valence-electron chi connectivity index (χ2n) is 6.62. The van der Waals surface area contributed by atoms with E-state index in [1.807, 2.05) is 59.2 Å². The molecule has 0 aliphatic heterocycles. The van der Waals surface area contributed by atoms with Gasteiger partial charge in [0.1, 0.15) is 5.75 Å².